The van der Waals surface area contributed by atoms with Crippen molar-refractivity contribution in [3.05, 3.63) is 70.3 Å². The van der Waals surface area contributed by atoms with Crippen molar-refractivity contribution in [3.63, 3.8) is 0 Å². The molecule has 0 unspecified atom stereocenters. The van der Waals surface area contributed by atoms with Crippen LogP contribution in [0.25, 0.3) is 0 Å². The third-order valence-electron chi connectivity index (χ3n) is 3.17. The average Bonchev–Trinajstić information content (AvgIpc) is 2.32. The van der Waals surface area contributed by atoms with E-state index in [1.807, 2.05) is 26.0 Å². The summed E-state index contributed by atoms with van der Waals surface area (Å²) < 4.78 is 37.4. The smallest absolute Gasteiger partial charge is 0.166 e. The summed E-state index contributed by atoms with van der Waals surface area (Å²) in [6.07, 6.45) is -3.61. The summed E-state index contributed by atoms with van der Waals surface area (Å²) in [4.78, 5) is 0. The van der Waals surface area contributed by atoms with E-state index < -0.39 is 11.7 Å². The summed E-state index contributed by atoms with van der Waals surface area (Å²) in [5, 5.41) is 0. The van der Waals surface area contributed by atoms with Crippen LogP contribution in [0.5, 0.6) is 0 Å². The SMILES string of the molecule is Cc1ccc(Cc2ccc(C(F)(F)F)cc2)c(C)c1. The van der Waals surface area contributed by atoms with Crippen LogP contribution in [-0.4, -0.2) is 0 Å². The highest BCUT2D eigenvalue weighted by atomic mass is 19.4. The van der Waals surface area contributed by atoms with Crippen molar-refractivity contribution in [2.24, 2.45) is 0 Å². The van der Waals surface area contributed by atoms with Gasteiger partial charge in [-0.15, -0.1) is 0 Å². The largest absolute Gasteiger partial charge is 0.416 e. The fourth-order valence-corrected chi connectivity index (χ4v) is 2.08. The molecule has 0 fully saturated rings. The third kappa shape index (κ3) is 3.37. The van der Waals surface area contributed by atoms with Gasteiger partial charge in [0.15, 0.2) is 0 Å². The molecule has 0 N–H and O–H groups in total. The Morgan fingerprint density at radius 1 is 0.895 bits per heavy atom. The van der Waals surface area contributed by atoms with Gasteiger partial charge in [-0.2, -0.15) is 13.2 Å². The summed E-state index contributed by atoms with van der Waals surface area (Å²) in [5.41, 5.74) is 3.79. The summed E-state index contributed by atoms with van der Waals surface area (Å²) in [6.45, 7) is 4.04. The molecule has 0 radical (unpaired) electrons. The molecule has 0 spiro atoms. The van der Waals surface area contributed by atoms with Crippen LogP contribution in [0.2, 0.25) is 0 Å². The van der Waals surface area contributed by atoms with Gasteiger partial charge in [0, 0.05) is 0 Å². The van der Waals surface area contributed by atoms with E-state index in [-0.39, 0.29) is 0 Å². The van der Waals surface area contributed by atoms with Crippen molar-refractivity contribution < 1.29 is 13.2 Å². The monoisotopic (exact) mass is 264 g/mol. The van der Waals surface area contributed by atoms with Crippen LogP contribution in [0.15, 0.2) is 42.5 Å². The second-order valence-corrected chi connectivity index (χ2v) is 4.80. The molecule has 0 bridgehead atoms. The summed E-state index contributed by atoms with van der Waals surface area (Å²) >= 11 is 0. The summed E-state index contributed by atoms with van der Waals surface area (Å²) in [5.74, 6) is 0. The zero-order valence-electron chi connectivity index (χ0n) is 10.9. The van der Waals surface area contributed by atoms with Gasteiger partial charge < -0.3 is 0 Å². The summed E-state index contributed by atoms with van der Waals surface area (Å²) in [7, 11) is 0. The third-order valence-corrected chi connectivity index (χ3v) is 3.17. The number of halogens is 3. The van der Waals surface area contributed by atoms with Gasteiger partial charge in [-0.05, 0) is 49.1 Å². The summed E-state index contributed by atoms with van der Waals surface area (Å²) in [6, 6.07) is 11.5. The molecule has 2 rings (SSSR count). The quantitative estimate of drug-likeness (QED) is 0.722. The van der Waals surface area contributed by atoms with E-state index in [1.54, 1.807) is 12.1 Å². The van der Waals surface area contributed by atoms with Crippen molar-refractivity contribution in [1.29, 1.82) is 0 Å². The average molecular weight is 264 g/mol. The predicted molar refractivity (Wildman–Crippen MR) is 70.2 cm³/mol. The number of aryl methyl sites for hydroxylation is 2. The Hall–Kier alpha value is -1.77. The molecule has 0 aliphatic rings. The number of alkyl halides is 3. The highest BCUT2D eigenvalue weighted by Gasteiger charge is 2.29. The van der Waals surface area contributed by atoms with Crippen LogP contribution in [0.3, 0.4) is 0 Å². The number of rotatable bonds is 2. The van der Waals surface area contributed by atoms with Crippen LogP contribution in [0.4, 0.5) is 13.2 Å². The number of hydrogen-bond acceptors (Lipinski definition) is 0. The molecule has 0 aromatic heterocycles. The lowest BCUT2D eigenvalue weighted by Gasteiger charge is -2.09. The van der Waals surface area contributed by atoms with Gasteiger partial charge in [-0.1, -0.05) is 35.9 Å². The zero-order valence-corrected chi connectivity index (χ0v) is 10.9. The lowest BCUT2D eigenvalue weighted by Crippen LogP contribution is -2.04. The molecule has 19 heavy (non-hydrogen) atoms. The first-order valence-electron chi connectivity index (χ1n) is 6.08. The van der Waals surface area contributed by atoms with Crippen molar-refractivity contribution in [1.82, 2.24) is 0 Å². The van der Waals surface area contributed by atoms with E-state index in [1.165, 1.54) is 11.1 Å². The van der Waals surface area contributed by atoms with Gasteiger partial charge in [-0.3, -0.25) is 0 Å². The highest BCUT2D eigenvalue weighted by molar-refractivity contribution is 5.35. The van der Waals surface area contributed by atoms with E-state index in [2.05, 4.69) is 6.07 Å². The molecular formula is C16H15F3. The van der Waals surface area contributed by atoms with Crippen molar-refractivity contribution in [2.75, 3.05) is 0 Å². The lowest BCUT2D eigenvalue weighted by molar-refractivity contribution is -0.137. The Morgan fingerprint density at radius 2 is 1.53 bits per heavy atom. The van der Waals surface area contributed by atoms with Gasteiger partial charge in [0.2, 0.25) is 0 Å². The molecule has 0 aliphatic carbocycles. The first kappa shape index (κ1) is 13.7. The van der Waals surface area contributed by atoms with Crippen LogP contribution in [0, 0.1) is 13.8 Å². The molecular weight excluding hydrogens is 249 g/mol. The predicted octanol–water partition coefficient (Wildman–Crippen LogP) is 4.91. The number of hydrogen-bond donors (Lipinski definition) is 0. The maximum atomic E-state index is 12.5. The van der Waals surface area contributed by atoms with E-state index >= 15 is 0 Å². The molecule has 0 aliphatic heterocycles. The Bertz CT molecular complexity index is 566. The van der Waals surface area contributed by atoms with Gasteiger partial charge >= 0.3 is 6.18 Å². The van der Waals surface area contributed by atoms with Crippen LogP contribution < -0.4 is 0 Å². The minimum absolute atomic E-state index is 0.600. The molecule has 0 saturated heterocycles. The van der Waals surface area contributed by atoms with Gasteiger partial charge in [0.1, 0.15) is 0 Å². The molecule has 100 valence electrons. The Kier molecular flexibility index (Phi) is 3.65. The lowest BCUT2D eigenvalue weighted by atomic mass is 9.98. The van der Waals surface area contributed by atoms with Crippen LogP contribution >= 0.6 is 0 Å². The molecule has 0 saturated carbocycles. The molecule has 0 amide bonds. The maximum Gasteiger partial charge on any atom is 0.416 e. The van der Waals surface area contributed by atoms with Crippen molar-refractivity contribution >= 4 is 0 Å². The van der Waals surface area contributed by atoms with Gasteiger partial charge in [0.25, 0.3) is 0 Å². The molecule has 0 atom stereocenters. The first-order valence-corrected chi connectivity index (χ1v) is 6.08. The second-order valence-electron chi connectivity index (χ2n) is 4.80. The minimum atomic E-state index is -4.27. The standard InChI is InChI=1S/C16H15F3/c1-11-3-6-14(12(2)9-11)10-13-4-7-15(8-5-13)16(17,18)19/h3-9H,10H2,1-2H3. The molecule has 2 aromatic carbocycles. The second kappa shape index (κ2) is 5.08. The molecule has 3 heteroatoms. The van der Waals surface area contributed by atoms with Crippen LogP contribution in [-0.2, 0) is 12.6 Å². The molecule has 0 heterocycles. The van der Waals surface area contributed by atoms with Crippen molar-refractivity contribution in [3.8, 4) is 0 Å². The first-order chi connectivity index (χ1) is 8.86. The van der Waals surface area contributed by atoms with E-state index in [9.17, 15) is 13.2 Å². The topological polar surface area (TPSA) is 0 Å². The van der Waals surface area contributed by atoms with E-state index in [0.717, 1.165) is 23.3 Å². The van der Waals surface area contributed by atoms with Crippen LogP contribution in [0.1, 0.15) is 27.8 Å². The zero-order chi connectivity index (χ0) is 14.0. The van der Waals surface area contributed by atoms with Gasteiger partial charge in [-0.25, -0.2) is 0 Å². The maximum absolute atomic E-state index is 12.5. The number of benzene rings is 2. The Morgan fingerprint density at radius 3 is 2.05 bits per heavy atom. The van der Waals surface area contributed by atoms with Gasteiger partial charge in [0.05, 0.1) is 5.56 Å². The fourth-order valence-electron chi connectivity index (χ4n) is 2.08. The van der Waals surface area contributed by atoms with Crippen molar-refractivity contribution in [2.45, 2.75) is 26.4 Å². The molecule has 2 aromatic rings. The Balaban J connectivity index is 2.20. The normalized spacial score (nSPS) is 11.6. The fraction of sp³-hybridized carbons (Fsp3) is 0.250. The highest BCUT2D eigenvalue weighted by Crippen LogP contribution is 2.29. The Labute approximate surface area is 110 Å². The minimum Gasteiger partial charge on any atom is -0.166 e. The van der Waals surface area contributed by atoms with E-state index in [4.69, 9.17) is 0 Å². The van der Waals surface area contributed by atoms with E-state index in [0.29, 0.717) is 6.42 Å². The molecule has 0 nitrogen and oxygen atoms in total.